The minimum Gasteiger partial charge on any atom is -0.496 e. The van der Waals surface area contributed by atoms with Crippen molar-refractivity contribution < 1.29 is 4.74 Å². The predicted molar refractivity (Wildman–Crippen MR) is 129 cm³/mol. The number of halogens is 1. The monoisotopic (exact) mass is 503 g/mol. The van der Waals surface area contributed by atoms with Crippen LogP contribution in [-0.2, 0) is 0 Å². The normalized spacial score (nSPS) is 17.1. The van der Waals surface area contributed by atoms with Crippen molar-refractivity contribution in [3.8, 4) is 5.75 Å². The second-order valence-corrected chi connectivity index (χ2v) is 7.43. The number of guanidine groups is 1. The van der Waals surface area contributed by atoms with Crippen LogP contribution >= 0.6 is 24.0 Å². The van der Waals surface area contributed by atoms with Gasteiger partial charge in [-0.1, -0.05) is 25.1 Å². The Balaban J connectivity index is 0.00000392. The number of ether oxygens (including phenoxy) is 1. The molecule has 0 bridgehead atoms. The molecule has 1 aliphatic rings. The standard InChI is InChI=1S/C21H37N5O.HI/c1-6-13-26-14-11-17(12-15-26)24-21(22-2)23-16-19(25(3)4)18-9-7-8-10-20(18)27-5;/h7-10,17,19H,6,11-16H2,1-5H3,(H2,22,23,24);1H. The fourth-order valence-electron chi connectivity index (χ4n) is 3.71. The molecule has 0 aromatic heterocycles. The lowest BCUT2D eigenvalue weighted by Crippen LogP contribution is -2.49. The van der Waals surface area contributed by atoms with E-state index in [9.17, 15) is 0 Å². The number of nitrogens with one attached hydrogen (secondary N) is 2. The lowest BCUT2D eigenvalue weighted by molar-refractivity contribution is 0.206. The third-order valence-electron chi connectivity index (χ3n) is 5.28. The van der Waals surface area contributed by atoms with Gasteiger partial charge >= 0.3 is 0 Å². The molecule has 7 heteroatoms. The number of aliphatic imine (C=N–C) groups is 1. The molecule has 1 fully saturated rings. The number of nitrogens with zero attached hydrogens (tertiary/aromatic N) is 3. The van der Waals surface area contributed by atoms with Crippen molar-refractivity contribution in [2.75, 3.05) is 54.4 Å². The molecular formula is C21H38IN5O. The van der Waals surface area contributed by atoms with E-state index >= 15 is 0 Å². The molecule has 2 N–H and O–H groups in total. The van der Waals surface area contributed by atoms with Crippen LogP contribution < -0.4 is 15.4 Å². The van der Waals surface area contributed by atoms with Crippen LogP contribution in [0.1, 0.15) is 37.8 Å². The van der Waals surface area contributed by atoms with Gasteiger partial charge in [0, 0.05) is 38.3 Å². The summed E-state index contributed by atoms with van der Waals surface area (Å²) in [4.78, 5) is 9.20. The highest BCUT2D eigenvalue weighted by atomic mass is 127. The van der Waals surface area contributed by atoms with Crippen molar-refractivity contribution >= 4 is 29.9 Å². The van der Waals surface area contributed by atoms with Crippen LogP contribution in [0.5, 0.6) is 5.75 Å². The molecule has 2 rings (SSSR count). The molecule has 1 aromatic carbocycles. The molecule has 1 atom stereocenters. The Labute approximate surface area is 188 Å². The summed E-state index contributed by atoms with van der Waals surface area (Å²) in [7, 11) is 7.76. The van der Waals surface area contributed by atoms with Crippen LogP contribution in [0.2, 0.25) is 0 Å². The summed E-state index contributed by atoms with van der Waals surface area (Å²) in [6.07, 6.45) is 3.57. The molecule has 28 heavy (non-hydrogen) atoms. The largest absolute Gasteiger partial charge is 0.496 e. The highest BCUT2D eigenvalue weighted by Crippen LogP contribution is 2.27. The van der Waals surface area contributed by atoms with E-state index in [1.54, 1.807) is 7.11 Å². The maximum Gasteiger partial charge on any atom is 0.191 e. The number of para-hydroxylation sites is 1. The Morgan fingerprint density at radius 3 is 2.54 bits per heavy atom. The van der Waals surface area contributed by atoms with Gasteiger partial charge < -0.3 is 25.2 Å². The van der Waals surface area contributed by atoms with Gasteiger partial charge in [0.15, 0.2) is 5.96 Å². The fourth-order valence-corrected chi connectivity index (χ4v) is 3.71. The van der Waals surface area contributed by atoms with E-state index in [0.717, 1.165) is 18.3 Å². The lowest BCUT2D eigenvalue weighted by Gasteiger charge is -2.33. The highest BCUT2D eigenvalue weighted by Gasteiger charge is 2.21. The van der Waals surface area contributed by atoms with Crippen LogP contribution in [0, 0.1) is 0 Å². The highest BCUT2D eigenvalue weighted by molar-refractivity contribution is 14.0. The molecule has 0 spiro atoms. The minimum atomic E-state index is 0. The van der Waals surface area contributed by atoms with Gasteiger partial charge in [-0.15, -0.1) is 24.0 Å². The van der Waals surface area contributed by atoms with Crippen molar-refractivity contribution in [3.05, 3.63) is 29.8 Å². The molecule has 1 unspecified atom stereocenters. The smallest absolute Gasteiger partial charge is 0.191 e. The van der Waals surface area contributed by atoms with Gasteiger partial charge in [-0.2, -0.15) is 0 Å². The molecule has 0 saturated carbocycles. The number of likely N-dealkylation sites (N-methyl/N-ethyl adjacent to an activating group) is 1. The SMILES string of the molecule is CCCN1CCC(NC(=NC)NCC(c2ccccc2OC)N(C)C)CC1.I. The summed E-state index contributed by atoms with van der Waals surface area (Å²) >= 11 is 0. The molecule has 0 amide bonds. The first kappa shape index (κ1) is 25.0. The number of hydrogen-bond donors (Lipinski definition) is 2. The van der Waals surface area contributed by atoms with Crippen molar-refractivity contribution in [1.82, 2.24) is 20.4 Å². The Kier molecular flexibility index (Phi) is 11.8. The van der Waals surface area contributed by atoms with Gasteiger partial charge in [0.25, 0.3) is 0 Å². The zero-order chi connectivity index (χ0) is 19.6. The third kappa shape index (κ3) is 7.40. The molecule has 1 aromatic rings. The van der Waals surface area contributed by atoms with E-state index in [1.807, 2.05) is 19.2 Å². The Morgan fingerprint density at radius 2 is 1.96 bits per heavy atom. The van der Waals surface area contributed by atoms with Gasteiger partial charge in [0.05, 0.1) is 13.2 Å². The number of piperidine rings is 1. The summed E-state index contributed by atoms with van der Waals surface area (Å²) in [6.45, 7) is 6.57. The van der Waals surface area contributed by atoms with E-state index in [0.29, 0.717) is 6.04 Å². The van der Waals surface area contributed by atoms with Gasteiger partial charge in [0.2, 0.25) is 0 Å². The van der Waals surface area contributed by atoms with E-state index in [1.165, 1.54) is 44.5 Å². The van der Waals surface area contributed by atoms with Crippen LogP contribution in [0.4, 0.5) is 0 Å². The minimum absolute atomic E-state index is 0. The van der Waals surface area contributed by atoms with Gasteiger partial charge in [-0.3, -0.25) is 4.99 Å². The quantitative estimate of drug-likeness (QED) is 0.325. The summed E-state index contributed by atoms with van der Waals surface area (Å²) in [5, 5.41) is 7.12. The van der Waals surface area contributed by atoms with Gasteiger partial charge in [-0.05, 0) is 46.0 Å². The van der Waals surface area contributed by atoms with Crippen LogP contribution in [0.15, 0.2) is 29.3 Å². The van der Waals surface area contributed by atoms with Gasteiger partial charge in [0.1, 0.15) is 5.75 Å². The maximum absolute atomic E-state index is 5.56. The zero-order valence-corrected chi connectivity index (χ0v) is 20.4. The van der Waals surface area contributed by atoms with E-state index < -0.39 is 0 Å². The Hall–Kier alpha value is -1.06. The van der Waals surface area contributed by atoms with Crippen LogP contribution in [0.25, 0.3) is 0 Å². The Bertz CT molecular complexity index is 588. The molecule has 0 radical (unpaired) electrons. The number of methoxy groups -OCH3 is 1. The van der Waals surface area contributed by atoms with E-state index in [2.05, 4.69) is 58.6 Å². The first-order valence-corrected chi connectivity index (χ1v) is 10.1. The predicted octanol–water partition coefficient (Wildman–Crippen LogP) is 2.96. The molecule has 0 aliphatic carbocycles. The summed E-state index contributed by atoms with van der Waals surface area (Å²) in [6, 6.07) is 8.91. The Morgan fingerprint density at radius 1 is 1.29 bits per heavy atom. The number of likely N-dealkylation sites (tertiary alicyclic amines) is 1. The molecule has 1 saturated heterocycles. The van der Waals surface area contributed by atoms with E-state index in [4.69, 9.17) is 4.74 Å². The second-order valence-electron chi connectivity index (χ2n) is 7.43. The van der Waals surface area contributed by atoms with Crippen LogP contribution in [0.3, 0.4) is 0 Å². The molecule has 160 valence electrons. The van der Waals surface area contributed by atoms with Crippen molar-refractivity contribution in [3.63, 3.8) is 0 Å². The molecular weight excluding hydrogens is 465 g/mol. The second kappa shape index (κ2) is 13.2. The zero-order valence-electron chi connectivity index (χ0n) is 18.1. The average molecular weight is 503 g/mol. The van der Waals surface area contributed by atoms with Crippen molar-refractivity contribution in [2.45, 2.75) is 38.3 Å². The average Bonchev–Trinajstić information content (AvgIpc) is 2.69. The summed E-state index contributed by atoms with van der Waals surface area (Å²) in [5.41, 5.74) is 1.18. The first-order chi connectivity index (χ1) is 13.1. The number of hydrogen-bond acceptors (Lipinski definition) is 4. The number of benzene rings is 1. The molecule has 1 heterocycles. The van der Waals surface area contributed by atoms with Crippen LogP contribution in [-0.4, -0.2) is 76.2 Å². The van der Waals surface area contributed by atoms with E-state index in [-0.39, 0.29) is 30.0 Å². The summed E-state index contributed by atoms with van der Waals surface area (Å²) in [5.74, 6) is 1.80. The third-order valence-corrected chi connectivity index (χ3v) is 5.28. The molecule has 1 aliphatic heterocycles. The maximum atomic E-state index is 5.56. The molecule has 6 nitrogen and oxygen atoms in total. The summed E-state index contributed by atoms with van der Waals surface area (Å²) < 4.78 is 5.56. The number of rotatable bonds is 8. The lowest BCUT2D eigenvalue weighted by atomic mass is 10.0. The first-order valence-electron chi connectivity index (χ1n) is 10.1. The van der Waals surface area contributed by atoms with Gasteiger partial charge in [-0.25, -0.2) is 0 Å². The topological polar surface area (TPSA) is 52.1 Å². The fraction of sp³-hybridized carbons (Fsp3) is 0.667. The van der Waals surface area contributed by atoms with Crippen molar-refractivity contribution in [2.24, 2.45) is 4.99 Å². The van der Waals surface area contributed by atoms with Crippen molar-refractivity contribution in [1.29, 1.82) is 0 Å².